The molecule has 2 aromatic heterocycles. The maximum absolute atomic E-state index is 10.7. The number of nitrogens with zero attached hydrogens (tertiary/aromatic N) is 4. The summed E-state index contributed by atoms with van der Waals surface area (Å²) in [5.74, 6) is 0.0261. The monoisotopic (exact) mass is 381 g/mol. The second-order valence-corrected chi connectivity index (χ2v) is 6.61. The molecule has 24 heavy (non-hydrogen) atoms. The minimum Gasteiger partial charge on any atom is -0.387 e. The van der Waals surface area contributed by atoms with Gasteiger partial charge in [-0.3, -0.25) is 9.09 Å². The van der Waals surface area contributed by atoms with E-state index in [0.717, 1.165) is 0 Å². The van der Waals surface area contributed by atoms with E-state index in [1.807, 2.05) is 0 Å². The second kappa shape index (κ2) is 6.17. The van der Waals surface area contributed by atoms with Crippen LogP contribution in [0.3, 0.4) is 0 Å². The molecule has 3 rings (SSSR count). The van der Waals surface area contributed by atoms with Crippen LogP contribution >= 0.6 is 19.4 Å². The van der Waals surface area contributed by atoms with E-state index in [-0.39, 0.29) is 22.3 Å². The average Bonchev–Trinajstić information content (AvgIpc) is 3.00. The predicted octanol–water partition coefficient (Wildman–Crippen LogP) is -1.21. The molecule has 3 heterocycles. The average molecular weight is 382 g/mol. The van der Waals surface area contributed by atoms with Gasteiger partial charge < -0.3 is 30.5 Å². The third-order valence-electron chi connectivity index (χ3n) is 3.44. The normalized spacial score (nSPS) is 27.9. The number of nitrogen functional groups attached to an aromatic ring is 1. The minimum atomic E-state index is -4.74. The molecule has 0 amide bonds. The largest absolute Gasteiger partial charge is 0.469 e. The molecule has 6 N–H and O–H groups in total. The number of aliphatic hydroxyl groups is 2. The van der Waals surface area contributed by atoms with E-state index < -0.39 is 39.0 Å². The smallest absolute Gasteiger partial charge is 0.387 e. The van der Waals surface area contributed by atoms with Crippen LogP contribution in [-0.2, 0) is 13.8 Å². The maximum Gasteiger partial charge on any atom is 0.469 e. The van der Waals surface area contributed by atoms with Gasteiger partial charge in [0.2, 0.25) is 5.28 Å². The highest BCUT2D eigenvalue weighted by molar-refractivity contribution is 7.46. The molecule has 1 aliphatic heterocycles. The van der Waals surface area contributed by atoms with Gasteiger partial charge in [0.1, 0.15) is 23.8 Å². The zero-order chi connectivity index (χ0) is 17.6. The minimum absolute atomic E-state index is 0.0261. The fourth-order valence-corrected chi connectivity index (χ4v) is 2.88. The number of anilines is 1. The SMILES string of the molecule is Nc1nc(Cl)nc2c1ncn2[C@@H]1O[C@H](COP(=O)(O)O)[C@H](O)[C@@H]1O. The molecule has 1 saturated heterocycles. The van der Waals surface area contributed by atoms with Gasteiger partial charge in [-0.25, -0.2) is 9.55 Å². The van der Waals surface area contributed by atoms with Gasteiger partial charge in [-0.15, -0.1) is 0 Å². The van der Waals surface area contributed by atoms with E-state index in [2.05, 4.69) is 19.5 Å². The van der Waals surface area contributed by atoms with Crippen LogP contribution in [0.15, 0.2) is 6.33 Å². The summed E-state index contributed by atoms with van der Waals surface area (Å²) < 4.78 is 21.8. The van der Waals surface area contributed by atoms with Crippen LogP contribution in [0.4, 0.5) is 5.82 Å². The maximum atomic E-state index is 10.7. The number of rotatable bonds is 4. The van der Waals surface area contributed by atoms with Crippen molar-refractivity contribution in [2.45, 2.75) is 24.5 Å². The zero-order valence-corrected chi connectivity index (χ0v) is 13.4. The second-order valence-electron chi connectivity index (χ2n) is 5.03. The molecule has 0 bridgehead atoms. The summed E-state index contributed by atoms with van der Waals surface area (Å²) in [5.41, 5.74) is 6.07. The molecule has 0 radical (unpaired) electrons. The Balaban J connectivity index is 1.89. The van der Waals surface area contributed by atoms with Crippen LogP contribution in [0, 0.1) is 0 Å². The summed E-state index contributed by atoms with van der Waals surface area (Å²) in [7, 11) is -4.74. The lowest BCUT2D eigenvalue weighted by molar-refractivity contribution is -0.0504. The van der Waals surface area contributed by atoms with Crippen LogP contribution in [0.2, 0.25) is 5.28 Å². The van der Waals surface area contributed by atoms with Crippen molar-refractivity contribution in [2.24, 2.45) is 0 Å². The molecule has 12 nitrogen and oxygen atoms in total. The Kier molecular flexibility index (Phi) is 4.49. The molecule has 0 aromatic carbocycles. The van der Waals surface area contributed by atoms with Gasteiger partial charge in [0.15, 0.2) is 17.7 Å². The third kappa shape index (κ3) is 3.23. The molecule has 2 aromatic rings. The number of nitrogens with two attached hydrogens (primary N) is 1. The Labute approximate surface area is 139 Å². The number of imidazole rings is 1. The Bertz CT molecular complexity index is 812. The van der Waals surface area contributed by atoms with Gasteiger partial charge in [-0.05, 0) is 11.6 Å². The Hall–Kier alpha value is -1.37. The zero-order valence-electron chi connectivity index (χ0n) is 11.8. The van der Waals surface area contributed by atoms with Gasteiger partial charge >= 0.3 is 7.82 Å². The molecular weight excluding hydrogens is 369 g/mol. The van der Waals surface area contributed by atoms with Crippen LogP contribution in [0.1, 0.15) is 6.23 Å². The van der Waals surface area contributed by atoms with Gasteiger partial charge in [-0.1, -0.05) is 0 Å². The number of halogens is 1. The van der Waals surface area contributed by atoms with Crippen molar-refractivity contribution in [3.63, 3.8) is 0 Å². The van der Waals surface area contributed by atoms with Gasteiger partial charge in [0.05, 0.1) is 12.9 Å². The summed E-state index contributed by atoms with van der Waals surface area (Å²) in [6.07, 6.45) is -3.93. The first-order valence-corrected chi connectivity index (χ1v) is 8.45. The highest BCUT2D eigenvalue weighted by Gasteiger charge is 2.45. The van der Waals surface area contributed by atoms with Crippen molar-refractivity contribution in [3.8, 4) is 0 Å². The number of aliphatic hydroxyl groups excluding tert-OH is 2. The summed E-state index contributed by atoms with van der Waals surface area (Å²) >= 11 is 5.75. The summed E-state index contributed by atoms with van der Waals surface area (Å²) in [6.45, 7) is -0.622. The Morgan fingerprint density at radius 2 is 2.08 bits per heavy atom. The molecule has 1 fully saturated rings. The summed E-state index contributed by atoms with van der Waals surface area (Å²) in [5, 5.41) is 20.0. The summed E-state index contributed by atoms with van der Waals surface area (Å²) in [4.78, 5) is 29.1. The molecule has 132 valence electrons. The van der Waals surface area contributed by atoms with Gasteiger partial charge in [0.25, 0.3) is 0 Å². The van der Waals surface area contributed by atoms with E-state index in [1.54, 1.807) is 0 Å². The standard InChI is InChI=1S/C10H13ClN5O7P/c11-10-14-7(12)4-8(15-10)16(2-13-4)9-6(18)5(17)3(23-9)1-22-24(19,20)21/h2-3,5-6,9,17-18H,1H2,(H2,12,14,15)(H2,19,20,21)/t3-,5+,6+,9-/m1/s1. The van der Waals surface area contributed by atoms with E-state index in [4.69, 9.17) is 31.9 Å². The van der Waals surface area contributed by atoms with Crippen molar-refractivity contribution >= 4 is 36.4 Å². The molecule has 0 aliphatic carbocycles. The lowest BCUT2D eigenvalue weighted by Gasteiger charge is -2.16. The first-order chi connectivity index (χ1) is 11.2. The van der Waals surface area contributed by atoms with Gasteiger partial charge in [0, 0.05) is 0 Å². The van der Waals surface area contributed by atoms with E-state index >= 15 is 0 Å². The topological polar surface area (TPSA) is 186 Å². The van der Waals surface area contributed by atoms with Crippen molar-refractivity contribution in [3.05, 3.63) is 11.6 Å². The Morgan fingerprint density at radius 3 is 2.75 bits per heavy atom. The van der Waals surface area contributed by atoms with E-state index in [1.165, 1.54) is 10.9 Å². The van der Waals surface area contributed by atoms with Crippen molar-refractivity contribution < 1.29 is 33.8 Å². The first kappa shape index (κ1) is 17.5. The van der Waals surface area contributed by atoms with Crippen LogP contribution in [0.5, 0.6) is 0 Å². The number of phosphoric acid groups is 1. The molecule has 1 aliphatic rings. The first-order valence-electron chi connectivity index (χ1n) is 6.54. The number of ether oxygens (including phenoxy) is 1. The van der Waals surface area contributed by atoms with Crippen LogP contribution in [-0.4, -0.2) is 64.4 Å². The predicted molar refractivity (Wildman–Crippen MR) is 78.7 cm³/mol. The number of hydrogen-bond acceptors (Lipinski definition) is 9. The van der Waals surface area contributed by atoms with E-state index in [0.29, 0.717) is 0 Å². The molecule has 0 spiro atoms. The third-order valence-corrected chi connectivity index (χ3v) is 4.09. The summed E-state index contributed by atoms with van der Waals surface area (Å²) in [6, 6.07) is 0. The fourth-order valence-electron chi connectivity index (χ4n) is 2.36. The number of phosphoric ester groups is 1. The fraction of sp³-hybridized carbons (Fsp3) is 0.500. The molecular formula is C10H13ClN5O7P. The Morgan fingerprint density at radius 1 is 1.38 bits per heavy atom. The van der Waals surface area contributed by atoms with E-state index in [9.17, 15) is 14.8 Å². The molecule has 0 saturated carbocycles. The lowest BCUT2D eigenvalue weighted by Crippen LogP contribution is -2.33. The van der Waals surface area contributed by atoms with Crippen molar-refractivity contribution in [1.82, 2.24) is 19.5 Å². The van der Waals surface area contributed by atoms with Crippen LogP contribution in [0.25, 0.3) is 11.2 Å². The molecule has 14 heteroatoms. The van der Waals surface area contributed by atoms with Gasteiger partial charge in [-0.2, -0.15) is 9.97 Å². The molecule has 4 atom stereocenters. The highest BCUT2D eigenvalue weighted by Crippen LogP contribution is 2.38. The number of fused-ring (bicyclic) bond motifs is 1. The van der Waals surface area contributed by atoms with Crippen molar-refractivity contribution in [2.75, 3.05) is 12.3 Å². The quantitative estimate of drug-likeness (QED) is 0.316. The highest BCUT2D eigenvalue weighted by atomic mass is 35.5. The number of aromatic nitrogens is 4. The lowest BCUT2D eigenvalue weighted by atomic mass is 10.1. The molecule has 0 unspecified atom stereocenters. The number of hydrogen-bond donors (Lipinski definition) is 5. The van der Waals surface area contributed by atoms with Crippen molar-refractivity contribution in [1.29, 1.82) is 0 Å². The van der Waals surface area contributed by atoms with Crippen LogP contribution < -0.4 is 5.73 Å².